The smallest absolute Gasteiger partial charge is 0.337 e. The first-order valence-electron chi connectivity index (χ1n) is 8.65. The number of ether oxygens (including phenoxy) is 1. The number of rotatable bonds is 6. The van der Waals surface area contributed by atoms with Gasteiger partial charge in [0.25, 0.3) is 5.92 Å². The van der Waals surface area contributed by atoms with Gasteiger partial charge in [-0.05, 0) is 12.0 Å². The van der Waals surface area contributed by atoms with Gasteiger partial charge in [0.15, 0.2) is 10.8 Å². The minimum atomic E-state index is -2.89. The van der Waals surface area contributed by atoms with E-state index in [0.717, 1.165) is 0 Å². The Morgan fingerprint density at radius 3 is 3.04 bits per heavy atom. The summed E-state index contributed by atoms with van der Waals surface area (Å²) >= 11 is 1.38. The topological polar surface area (TPSA) is 83.9 Å². The number of methoxy groups -OCH3 is 1. The SMILES string of the molecule is COC(=O)C1=C(CN2C[C@@H](/C=C/C=O)CC(F)(F)C2)NC(c2nccs2)=NC1. The van der Waals surface area contributed by atoms with Crippen LogP contribution >= 0.6 is 11.3 Å². The largest absolute Gasteiger partial charge is 0.466 e. The summed E-state index contributed by atoms with van der Waals surface area (Å²) in [6.45, 7) is 0.115. The Morgan fingerprint density at radius 1 is 1.54 bits per heavy atom. The quantitative estimate of drug-likeness (QED) is 0.436. The van der Waals surface area contributed by atoms with Crippen LogP contribution in [-0.2, 0) is 14.3 Å². The van der Waals surface area contributed by atoms with Crippen LogP contribution in [0.4, 0.5) is 8.78 Å². The number of nitrogens with zero attached hydrogens (tertiary/aromatic N) is 3. The molecule has 1 atom stereocenters. The van der Waals surface area contributed by atoms with E-state index in [0.29, 0.717) is 34.9 Å². The molecule has 1 saturated heterocycles. The number of esters is 1. The third-order valence-electron chi connectivity index (χ3n) is 4.45. The van der Waals surface area contributed by atoms with Crippen molar-refractivity contribution in [2.75, 3.05) is 33.3 Å². The summed E-state index contributed by atoms with van der Waals surface area (Å²) in [7, 11) is 1.27. The van der Waals surface area contributed by atoms with Gasteiger partial charge in [0.2, 0.25) is 0 Å². The number of nitrogens with one attached hydrogen (secondary N) is 1. The van der Waals surface area contributed by atoms with Crippen molar-refractivity contribution in [2.24, 2.45) is 10.9 Å². The van der Waals surface area contributed by atoms with E-state index in [1.807, 2.05) is 0 Å². The fourth-order valence-electron chi connectivity index (χ4n) is 3.33. The van der Waals surface area contributed by atoms with Crippen molar-refractivity contribution in [1.82, 2.24) is 15.2 Å². The Labute approximate surface area is 164 Å². The van der Waals surface area contributed by atoms with Gasteiger partial charge in [-0.25, -0.2) is 18.6 Å². The molecule has 0 saturated carbocycles. The third-order valence-corrected chi connectivity index (χ3v) is 5.23. The molecule has 1 N–H and O–H groups in total. The van der Waals surface area contributed by atoms with Gasteiger partial charge in [0.05, 0.1) is 25.8 Å². The fourth-order valence-corrected chi connectivity index (χ4v) is 3.93. The first-order valence-corrected chi connectivity index (χ1v) is 9.53. The first-order chi connectivity index (χ1) is 13.4. The van der Waals surface area contributed by atoms with E-state index in [-0.39, 0.29) is 19.5 Å². The molecule has 2 aliphatic rings. The van der Waals surface area contributed by atoms with E-state index in [1.165, 1.54) is 30.6 Å². The summed E-state index contributed by atoms with van der Waals surface area (Å²) in [5.41, 5.74) is 0.777. The van der Waals surface area contributed by atoms with E-state index >= 15 is 0 Å². The van der Waals surface area contributed by atoms with Crippen molar-refractivity contribution in [3.63, 3.8) is 0 Å². The lowest BCUT2D eigenvalue weighted by Gasteiger charge is -2.37. The van der Waals surface area contributed by atoms with Crippen molar-refractivity contribution >= 4 is 29.4 Å². The Kier molecular flexibility index (Phi) is 6.30. The molecule has 1 fully saturated rings. The van der Waals surface area contributed by atoms with Crippen molar-refractivity contribution in [3.05, 3.63) is 40.0 Å². The lowest BCUT2D eigenvalue weighted by atomic mass is 9.94. The number of halogens is 2. The molecule has 0 unspecified atom stereocenters. The molecule has 3 heterocycles. The number of thiazole rings is 1. The molecule has 0 amide bonds. The summed E-state index contributed by atoms with van der Waals surface area (Å²) in [6.07, 6.45) is 4.65. The van der Waals surface area contributed by atoms with E-state index in [2.05, 4.69) is 15.3 Å². The normalized spacial score (nSPS) is 22.7. The predicted octanol–water partition coefficient (Wildman–Crippen LogP) is 1.63. The molecule has 1 aromatic rings. The summed E-state index contributed by atoms with van der Waals surface area (Å²) < 4.78 is 33.2. The Balaban J connectivity index is 1.81. The zero-order valence-electron chi connectivity index (χ0n) is 15.2. The number of alkyl halides is 2. The third kappa shape index (κ3) is 4.87. The summed E-state index contributed by atoms with van der Waals surface area (Å²) in [4.78, 5) is 32.7. The van der Waals surface area contributed by atoms with Crippen LogP contribution in [0.15, 0.2) is 40.0 Å². The zero-order valence-corrected chi connectivity index (χ0v) is 16.0. The molecule has 0 bridgehead atoms. The molecule has 7 nitrogen and oxygen atoms in total. The second-order valence-electron chi connectivity index (χ2n) is 6.59. The van der Waals surface area contributed by atoms with Gasteiger partial charge in [-0.3, -0.25) is 14.7 Å². The van der Waals surface area contributed by atoms with E-state index in [4.69, 9.17) is 4.74 Å². The average molecular weight is 410 g/mol. The second-order valence-corrected chi connectivity index (χ2v) is 7.48. The zero-order chi connectivity index (χ0) is 20.1. The van der Waals surface area contributed by atoms with Crippen molar-refractivity contribution in [3.8, 4) is 0 Å². The van der Waals surface area contributed by atoms with Crippen LogP contribution < -0.4 is 5.32 Å². The van der Waals surface area contributed by atoms with Crippen LogP contribution in [0.5, 0.6) is 0 Å². The lowest BCUT2D eigenvalue weighted by molar-refractivity contribution is -0.136. The molecule has 0 spiro atoms. The standard InChI is InChI=1S/C18H20F2N4O3S/c1-27-17(26)13-8-22-15(16-21-4-6-28-16)23-14(13)10-24-9-12(3-2-5-25)7-18(19,20)11-24/h2-6,12H,7-11H2,1H3,(H,22,23)/b3-2+/t12-/m0/s1. The van der Waals surface area contributed by atoms with E-state index in [9.17, 15) is 18.4 Å². The number of aliphatic imine (C=N–C) groups is 1. The van der Waals surface area contributed by atoms with Crippen LogP contribution in [0, 0.1) is 5.92 Å². The maximum absolute atomic E-state index is 14.2. The second kappa shape index (κ2) is 8.70. The van der Waals surface area contributed by atoms with Crippen molar-refractivity contribution < 1.29 is 23.1 Å². The van der Waals surface area contributed by atoms with Crippen LogP contribution in [0.2, 0.25) is 0 Å². The lowest BCUT2D eigenvalue weighted by Crippen LogP contribution is -2.49. The molecule has 0 aliphatic carbocycles. The average Bonchev–Trinajstić information content (AvgIpc) is 3.19. The number of carbonyl (C=O) groups excluding carboxylic acids is 2. The van der Waals surface area contributed by atoms with Crippen LogP contribution in [0.1, 0.15) is 11.4 Å². The highest BCUT2D eigenvalue weighted by Gasteiger charge is 2.40. The number of piperidine rings is 1. The molecule has 3 rings (SSSR count). The number of aromatic nitrogens is 1. The fraction of sp³-hybridized carbons (Fsp3) is 0.444. The van der Waals surface area contributed by atoms with Gasteiger partial charge < -0.3 is 10.1 Å². The van der Waals surface area contributed by atoms with Crippen molar-refractivity contribution in [1.29, 1.82) is 0 Å². The van der Waals surface area contributed by atoms with E-state index < -0.39 is 24.4 Å². The number of carbonyl (C=O) groups is 2. The molecule has 2 aliphatic heterocycles. The van der Waals surface area contributed by atoms with Gasteiger partial charge in [0.1, 0.15) is 6.29 Å². The summed E-state index contributed by atoms with van der Waals surface area (Å²) in [6, 6.07) is 0. The number of hydrogen-bond donors (Lipinski definition) is 1. The molecular weight excluding hydrogens is 390 g/mol. The van der Waals surface area contributed by atoms with Crippen LogP contribution in [0.25, 0.3) is 0 Å². The highest BCUT2D eigenvalue weighted by Crippen LogP contribution is 2.31. The van der Waals surface area contributed by atoms with Crippen LogP contribution in [0.3, 0.4) is 0 Å². The monoisotopic (exact) mass is 410 g/mol. The highest BCUT2D eigenvalue weighted by atomic mass is 32.1. The maximum Gasteiger partial charge on any atom is 0.337 e. The minimum Gasteiger partial charge on any atom is -0.466 e. The highest BCUT2D eigenvalue weighted by molar-refractivity contribution is 7.11. The van der Waals surface area contributed by atoms with E-state index in [1.54, 1.807) is 16.5 Å². The number of likely N-dealkylation sites (tertiary alicyclic amines) is 1. The summed E-state index contributed by atoms with van der Waals surface area (Å²) in [5, 5.41) is 5.52. The Bertz CT molecular complexity index is 821. The molecule has 1 aromatic heterocycles. The van der Waals surface area contributed by atoms with Gasteiger partial charge in [-0.15, -0.1) is 11.3 Å². The summed E-state index contributed by atoms with van der Waals surface area (Å²) in [5.74, 6) is -3.39. The predicted molar refractivity (Wildman–Crippen MR) is 100 cm³/mol. The minimum absolute atomic E-state index is 0.0859. The maximum atomic E-state index is 14.2. The number of amidine groups is 1. The van der Waals surface area contributed by atoms with Gasteiger partial charge >= 0.3 is 5.97 Å². The molecule has 28 heavy (non-hydrogen) atoms. The number of aldehydes is 1. The van der Waals surface area contributed by atoms with Gasteiger partial charge in [0, 0.05) is 36.8 Å². The first kappa shape index (κ1) is 20.3. The van der Waals surface area contributed by atoms with Crippen molar-refractivity contribution in [2.45, 2.75) is 12.3 Å². The number of hydrogen-bond acceptors (Lipinski definition) is 8. The van der Waals surface area contributed by atoms with Gasteiger partial charge in [-0.2, -0.15) is 0 Å². The molecule has 10 heteroatoms. The molecule has 0 radical (unpaired) electrons. The molecule has 0 aromatic carbocycles. The van der Waals surface area contributed by atoms with Crippen LogP contribution in [-0.4, -0.2) is 67.2 Å². The number of allylic oxidation sites excluding steroid dienone is 1. The Hall–Kier alpha value is -2.46. The van der Waals surface area contributed by atoms with Gasteiger partial charge in [-0.1, -0.05) is 6.08 Å². The molecular formula is C18H20F2N4O3S. The Morgan fingerprint density at radius 2 is 2.36 bits per heavy atom. The molecule has 150 valence electrons.